The van der Waals surface area contributed by atoms with Crippen LogP contribution in [0.3, 0.4) is 0 Å². The summed E-state index contributed by atoms with van der Waals surface area (Å²) in [4.78, 5) is 4.46. The van der Waals surface area contributed by atoms with E-state index in [0.717, 1.165) is 30.3 Å². The molecular weight excluding hydrogens is 276 g/mol. The van der Waals surface area contributed by atoms with Gasteiger partial charge in [0.05, 0.1) is 5.25 Å². The Morgan fingerprint density at radius 2 is 2.24 bits per heavy atom. The average Bonchev–Trinajstić information content (AvgIpc) is 2.79. The molecule has 3 atom stereocenters. The minimum Gasteiger partial charge on any atom is -0.339 e. The molecule has 0 bridgehead atoms. The molecule has 0 spiro atoms. The molecule has 0 aromatic carbocycles. The van der Waals surface area contributed by atoms with Crippen LogP contribution >= 0.6 is 35.1 Å². The number of alkyl halides is 1. The van der Waals surface area contributed by atoms with Crippen molar-refractivity contribution in [1.82, 2.24) is 10.1 Å². The quantitative estimate of drug-likeness (QED) is 0.794. The van der Waals surface area contributed by atoms with Gasteiger partial charge in [0, 0.05) is 28.6 Å². The molecule has 3 nitrogen and oxygen atoms in total. The molecule has 1 aromatic rings. The van der Waals surface area contributed by atoms with E-state index in [9.17, 15) is 0 Å². The normalized spacial score (nSPS) is 29.5. The fraction of sp³-hybridized carbons (Fsp3) is 0.818. The highest BCUT2D eigenvalue weighted by Crippen LogP contribution is 2.43. The van der Waals surface area contributed by atoms with E-state index in [4.69, 9.17) is 16.1 Å². The smallest absolute Gasteiger partial charge is 0.226 e. The summed E-state index contributed by atoms with van der Waals surface area (Å²) in [6.07, 6.45) is 1.68. The van der Waals surface area contributed by atoms with Crippen LogP contribution in [0, 0.1) is 0 Å². The molecule has 1 aromatic heterocycles. The largest absolute Gasteiger partial charge is 0.339 e. The summed E-state index contributed by atoms with van der Waals surface area (Å²) in [6, 6.07) is 0. The highest BCUT2D eigenvalue weighted by molar-refractivity contribution is 8.07. The first kappa shape index (κ1) is 13.6. The molecule has 1 aliphatic heterocycles. The molecule has 0 aliphatic carbocycles. The number of aryl methyl sites for hydroxylation is 1. The number of rotatable bonds is 4. The van der Waals surface area contributed by atoms with Crippen LogP contribution in [0.4, 0.5) is 0 Å². The fourth-order valence-corrected chi connectivity index (χ4v) is 4.60. The lowest BCUT2D eigenvalue weighted by atomic mass is 10.3. The Hall–Kier alpha value is 0.130. The third kappa shape index (κ3) is 3.55. The SMILES string of the molecule is CC1SCC(c2noc(CCCCl)n2)SC1C. The van der Waals surface area contributed by atoms with Crippen LogP contribution in [0.2, 0.25) is 0 Å². The van der Waals surface area contributed by atoms with Crippen LogP contribution in [0.25, 0.3) is 0 Å². The summed E-state index contributed by atoms with van der Waals surface area (Å²) < 4.78 is 5.24. The van der Waals surface area contributed by atoms with Crippen molar-refractivity contribution in [3.8, 4) is 0 Å². The van der Waals surface area contributed by atoms with Crippen molar-refractivity contribution in [2.45, 2.75) is 42.4 Å². The number of halogens is 1. The molecule has 1 aliphatic rings. The Balaban J connectivity index is 1.95. The standard InChI is InChI=1S/C11H17ClN2OS2/c1-7-8(2)17-9(6-16-7)11-13-10(15-14-11)4-3-5-12/h7-9H,3-6H2,1-2H3. The van der Waals surface area contributed by atoms with E-state index in [1.807, 2.05) is 23.5 Å². The Bertz CT molecular complexity index is 361. The number of hydrogen-bond acceptors (Lipinski definition) is 5. The minimum atomic E-state index is 0.375. The second kappa shape index (κ2) is 6.34. The summed E-state index contributed by atoms with van der Waals surface area (Å²) >= 11 is 9.59. The Kier molecular flexibility index (Phi) is 5.06. The van der Waals surface area contributed by atoms with E-state index in [-0.39, 0.29) is 0 Å². The van der Waals surface area contributed by atoms with Gasteiger partial charge in [0.15, 0.2) is 5.82 Å². The third-order valence-electron chi connectivity index (χ3n) is 2.85. The maximum absolute atomic E-state index is 5.64. The molecule has 1 saturated heterocycles. The van der Waals surface area contributed by atoms with Gasteiger partial charge in [-0.1, -0.05) is 19.0 Å². The Morgan fingerprint density at radius 1 is 1.41 bits per heavy atom. The van der Waals surface area contributed by atoms with Crippen LogP contribution < -0.4 is 0 Å². The molecule has 0 amide bonds. The summed E-state index contributed by atoms with van der Waals surface area (Å²) in [5, 5.41) is 5.81. The van der Waals surface area contributed by atoms with Gasteiger partial charge in [-0.2, -0.15) is 16.7 Å². The highest BCUT2D eigenvalue weighted by Gasteiger charge is 2.29. The summed E-state index contributed by atoms with van der Waals surface area (Å²) in [6.45, 7) is 4.55. The van der Waals surface area contributed by atoms with Crippen LogP contribution in [0.1, 0.15) is 37.2 Å². The highest BCUT2D eigenvalue weighted by atomic mass is 35.5. The van der Waals surface area contributed by atoms with Crippen LogP contribution in [-0.2, 0) is 6.42 Å². The van der Waals surface area contributed by atoms with Gasteiger partial charge >= 0.3 is 0 Å². The molecule has 2 rings (SSSR count). The maximum Gasteiger partial charge on any atom is 0.226 e. The van der Waals surface area contributed by atoms with Crippen molar-refractivity contribution < 1.29 is 4.52 Å². The number of aromatic nitrogens is 2. The Labute approximate surface area is 115 Å². The van der Waals surface area contributed by atoms with Gasteiger partial charge in [0.1, 0.15) is 0 Å². The third-order valence-corrected chi connectivity index (χ3v) is 6.50. The molecule has 2 heterocycles. The van der Waals surface area contributed by atoms with E-state index in [1.54, 1.807) is 0 Å². The van der Waals surface area contributed by atoms with Gasteiger partial charge in [-0.3, -0.25) is 0 Å². The van der Waals surface area contributed by atoms with Crippen molar-refractivity contribution >= 4 is 35.1 Å². The average molecular weight is 293 g/mol. The molecular formula is C11H17ClN2OS2. The van der Waals surface area contributed by atoms with Gasteiger partial charge in [-0.05, 0) is 6.42 Å². The lowest BCUT2D eigenvalue weighted by Crippen LogP contribution is -2.22. The zero-order valence-corrected chi connectivity index (χ0v) is 12.4. The Morgan fingerprint density at radius 3 is 2.94 bits per heavy atom. The van der Waals surface area contributed by atoms with Gasteiger partial charge in [-0.25, -0.2) is 0 Å². The molecule has 96 valence electrons. The van der Waals surface area contributed by atoms with E-state index < -0.39 is 0 Å². The van der Waals surface area contributed by atoms with Crippen molar-refractivity contribution in [3.05, 3.63) is 11.7 Å². The van der Waals surface area contributed by atoms with E-state index in [1.165, 1.54) is 0 Å². The lowest BCUT2D eigenvalue weighted by Gasteiger charge is -2.29. The van der Waals surface area contributed by atoms with Gasteiger partial charge in [0.25, 0.3) is 0 Å². The van der Waals surface area contributed by atoms with Gasteiger partial charge in [0.2, 0.25) is 5.89 Å². The number of nitrogens with zero attached hydrogens (tertiary/aromatic N) is 2. The monoisotopic (exact) mass is 292 g/mol. The van der Waals surface area contributed by atoms with E-state index in [2.05, 4.69) is 24.0 Å². The van der Waals surface area contributed by atoms with Gasteiger partial charge in [-0.15, -0.1) is 23.4 Å². The molecule has 1 fully saturated rings. The van der Waals surface area contributed by atoms with Crippen molar-refractivity contribution in [2.24, 2.45) is 0 Å². The van der Waals surface area contributed by atoms with Crippen molar-refractivity contribution in [1.29, 1.82) is 0 Å². The molecule has 6 heteroatoms. The second-order valence-electron chi connectivity index (χ2n) is 4.21. The summed E-state index contributed by atoms with van der Waals surface area (Å²) in [7, 11) is 0. The first-order chi connectivity index (χ1) is 8.20. The first-order valence-corrected chi connectivity index (χ1v) is 8.39. The van der Waals surface area contributed by atoms with Crippen molar-refractivity contribution in [3.63, 3.8) is 0 Å². The van der Waals surface area contributed by atoms with Crippen LogP contribution in [-0.4, -0.2) is 32.3 Å². The minimum absolute atomic E-state index is 0.375. The molecule has 0 saturated carbocycles. The van der Waals surface area contributed by atoms with Gasteiger partial charge < -0.3 is 4.52 Å². The first-order valence-electron chi connectivity index (χ1n) is 5.86. The zero-order chi connectivity index (χ0) is 12.3. The van der Waals surface area contributed by atoms with Crippen molar-refractivity contribution in [2.75, 3.05) is 11.6 Å². The topological polar surface area (TPSA) is 38.9 Å². The molecule has 0 radical (unpaired) electrons. The fourth-order valence-electron chi connectivity index (χ4n) is 1.64. The summed E-state index contributed by atoms with van der Waals surface area (Å²) in [5.74, 6) is 3.29. The predicted molar refractivity (Wildman–Crippen MR) is 75.1 cm³/mol. The van der Waals surface area contributed by atoms with E-state index >= 15 is 0 Å². The zero-order valence-electron chi connectivity index (χ0n) is 10.1. The number of hydrogen-bond donors (Lipinski definition) is 0. The van der Waals surface area contributed by atoms with Crippen LogP contribution in [0.15, 0.2) is 4.52 Å². The lowest BCUT2D eigenvalue weighted by molar-refractivity contribution is 0.372. The van der Waals surface area contributed by atoms with E-state index in [0.29, 0.717) is 21.6 Å². The number of thioether (sulfide) groups is 2. The molecule has 3 unspecified atom stereocenters. The predicted octanol–water partition coefficient (Wildman–Crippen LogP) is 3.54. The maximum atomic E-state index is 5.64. The molecule has 17 heavy (non-hydrogen) atoms. The molecule has 0 N–H and O–H groups in total. The second-order valence-corrected chi connectivity index (χ2v) is 7.58. The summed E-state index contributed by atoms with van der Waals surface area (Å²) in [5.41, 5.74) is 0. The van der Waals surface area contributed by atoms with Crippen LogP contribution in [0.5, 0.6) is 0 Å².